The molecule has 1 N–H and O–H groups in total. The first-order valence-electron chi connectivity index (χ1n) is 6.60. The van der Waals surface area contributed by atoms with Crippen LogP contribution in [-0.4, -0.2) is 15.1 Å². The summed E-state index contributed by atoms with van der Waals surface area (Å²) in [4.78, 5) is 16.6. The van der Waals surface area contributed by atoms with E-state index in [1.54, 1.807) is 17.0 Å². The van der Waals surface area contributed by atoms with Gasteiger partial charge in [-0.1, -0.05) is 13.8 Å². The molecule has 0 aliphatic carbocycles. The maximum Gasteiger partial charge on any atom is 0.293 e. The van der Waals surface area contributed by atoms with Gasteiger partial charge in [-0.15, -0.1) is 0 Å². The van der Waals surface area contributed by atoms with Crippen molar-refractivity contribution in [2.45, 2.75) is 65.5 Å². The Morgan fingerprint density at radius 1 is 1.22 bits per heavy atom. The first-order chi connectivity index (χ1) is 8.23. The zero-order valence-corrected chi connectivity index (χ0v) is 12.4. The molecule has 0 aromatic carbocycles. The van der Waals surface area contributed by atoms with Crippen molar-refractivity contribution in [3.05, 3.63) is 22.7 Å². The zero-order valence-electron chi connectivity index (χ0n) is 12.4. The van der Waals surface area contributed by atoms with Crippen LogP contribution in [0.4, 0.5) is 5.82 Å². The first-order valence-corrected chi connectivity index (χ1v) is 6.60. The second-order valence-corrected chi connectivity index (χ2v) is 6.01. The lowest BCUT2D eigenvalue weighted by atomic mass is 9.96. The van der Waals surface area contributed by atoms with Gasteiger partial charge in [0.05, 0.1) is 0 Å². The summed E-state index contributed by atoms with van der Waals surface area (Å²) in [6.45, 7) is 12.4. The summed E-state index contributed by atoms with van der Waals surface area (Å²) in [5.41, 5.74) is -0.368. The Hall–Kier alpha value is -1.32. The van der Waals surface area contributed by atoms with Crippen LogP contribution in [0.2, 0.25) is 0 Å². The van der Waals surface area contributed by atoms with E-state index in [1.807, 2.05) is 20.8 Å². The Kier molecular flexibility index (Phi) is 4.20. The summed E-state index contributed by atoms with van der Waals surface area (Å²) in [6, 6.07) is 0. The summed E-state index contributed by atoms with van der Waals surface area (Å²) in [7, 11) is 0. The van der Waals surface area contributed by atoms with E-state index in [0.717, 1.165) is 12.8 Å². The molecular weight excluding hydrogens is 226 g/mol. The van der Waals surface area contributed by atoms with Gasteiger partial charge >= 0.3 is 0 Å². The number of nitrogens with zero attached hydrogens (tertiary/aromatic N) is 2. The smallest absolute Gasteiger partial charge is 0.293 e. The molecule has 0 atom stereocenters. The average molecular weight is 251 g/mol. The Morgan fingerprint density at radius 3 is 2.22 bits per heavy atom. The normalized spacial score (nSPS) is 12.6. The van der Waals surface area contributed by atoms with E-state index in [0.29, 0.717) is 5.82 Å². The van der Waals surface area contributed by atoms with Crippen LogP contribution in [0, 0.1) is 0 Å². The van der Waals surface area contributed by atoms with E-state index in [1.165, 1.54) is 0 Å². The highest BCUT2D eigenvalue weighted by Gasteiger charge is 2.23. The molecule has 1 heterocycles. The van der Waals surface area contributed by atoms with E-state index in [2.05, 4.69) is 31.1 Å². The summed E-state index contributed by atoms with van der Waals surface area (Å²) < 4.78 is 1.72. The molecule has 0 saturated heterocycles. The fourth-order valence-corrected chi connectivity index (χ4v) is 1.74. The van der Waals surface area contributed by atoms with E-state index in [4.69, 9.17) is 0 Å². The molecule has 0 radical (unpaired) electrons. The quantitative estimate of drug-likeness (QED) is 0.895. The molecule has 0 bridgehead atoms. The minimum absolute atomic E-state index is 0.0573. The minimum Gasteiger partial charge on any atom is -0.360 e. The van der Waals surface area contributed by atoms with Gasteiger partial charge in [0.25, 0.3) is 5.56 Å². The molecule has 0 aliphatic rings. The van der Waals surface area contributed by atoms with Crippen LogP contribution < -0.4 is 10.9 Å². The van der Waals surface area contributed by atoms with E-state index in [9.17, 15) is 4.79 Å². The van der Waals surface area contributed by atoms with Crippen molar-refractivity contribution in [2.75, 3.05) is 5.32 Å². The molecule has 0 fully saturated rings. The molecule has 1 aromatic rings. The molecular formula is C14H25N3O. The maximum atomic E-state index is 12.4. The first kappa shape index (κ1) is 14.7. The topological polar surface area (TPSA) is 46.9 Å². The van der Waals surface area contributed by atoms with Crippen LogP contribution in [0.3, 0.4) is 0 Å². The van der Waals surface area contributed by atoms with Crippen LogP contribution in [-0.2, 0) is 5.54 Å². The lowest BCUT2D eigenvalue weighted by Gasteiger charge is -2.29. The van der Waals surface area contributed by atoms with Crippen LogP contribution in [0.5, 0.6) is 0 Å². The molecule has 18 heavy (non-hydrogen) atoms. The fourth-order valence-electron chi connectivity index (χ4n) is 1.74. The SMILES string of the molecule is CCC(C)(CC)Nc1nccn(C(C)(C)C)c1=O. The summed E-state index contributed by atoms with van der Waals surface area (Å²) in [5, 5.41) is 3.29. The fraction of sp³-hybridized carbons (Fsp3) is 0.714. The molecule has 0 aliphatic heterocycles. The van der Waals surface area contributed by atoms with Gasteiger partial charge < -0.3 is 9.88 Å². The third-order valence-corrected chi connectivity index (χ3v) is 3.54. The van der Waals surface area contributed by atoms with Gasteiger partial charge in [0.2, 0.25) is 0 Å². The number of nitrogens with one attached hydrogen (secondary N) is 1. The summed E-state index contributed by atoms with van der Waals surface area (Å²) in [5.74, 6) is 0.443. The van der Waals surface area contributed by atoms with Gasteiger partial charge in [-0.2, -0.15) is 0 Å². The molecule has 1 rings (SSSR count). The second-order valence-electron chi connectivity index (χ2n) is 6.01. The lowest BCUT2D eigenvalue weighted by Crippen LogP contribution is -2.40. The molecule has 0 unspecified atom stereocenters. The Balaban J connectivity index is 3.17. The number of anilines is 1. The van der Waals surface area contributed by atoms with Crippen LogP contribution in [0.1, 0.15) is 54.4 Å². The van der Waals surface area contributed by atoms with Gasteiger partial charge in [0.15, 0.2) is 5.82 Å². The highest BCUT2D eigenvalue weighted by atomic mass is 16.1. The third kappa shape index (κ3) is 3.12. The van der Waals surface area contributed by atoms with Crippen LogP contribution >= 0.6 is 0 Å². The molecule has 0 spiro atoms. The van der Waals surface area contributed by atoms with Crippen molar-refractivity contribution >= 4 is 5.82 Å². The highest BCUT2D eigenvalue weighted by molar-refractivity contribution is 5.34. The molecule has 1 aromatic heterocycles. The largest absolute Gasteiger partial charge is 0.360 e. The zero-order chi connectivity index (χ0) is 14.0. The average Bonchev–Trinajstić information content (AvgIpc) is 2.30. The Labute approximate surface area is 109 Å². The van der Waals surface area contributed by atoms with Crippen molar-refractivity contribution in [1.82, 2.24) is 9.55 Å². The molecule has 0 amide bonds. The Morgan fingerprint density at radius 2 is 1.78 bits per heavy atom. The Bertz CT molecular complexity index is 453. The standard InChI is InChI=1S/C14H25N3O/c1-7-14(6,8-2)16-11-12(18)17(10-9-15-11)13(3,4)5/h9-10H,7-8H2,1-6H3,(H,15,16). The second kappa shape index (κ2) is 5.12. The van der Waals surface area contributed by atoms with Gasteiger partial charge in [0, 0.05) is 23.5 Å². The third-order valence-electron chi connectivity index (χ3n) is 3.54. The number of rotatable bonds is 4. The van der Waals surface area contributed by atoms with Gasteiger partial charge in [-0.05, 0) is 40.5 Å². The predicted molar refractivity (Wildman–Crippen MR) is 76.1 cm³/mol. The monoisotopic (exact) mass is 251 g/mol. The van der Waals surface area contributed by atoms with Crippen molar-refractivity contribution in [1.29, 1.82) is 0 Å². The number of aromatic nitrogens is 2. The van der Waals surface area contributed by atoms with Gasteiger partial charge in [-0.25, -0.2) is 4.98 Å². The maximum absolute atomic E-state index is 12.4. The number of hydrogen-bond acceptors (Lipinski definition) is 3. The van der Waals surface area contributed by atoms with Crippen molar-refractivity contribution in [3.8, 4) is 0 Å². The predicted octanol–water partition coefficient (Wildman–Crippen LogP) is 2.99. The van der Waals surface area contributed by atoms with Crippen LogP contribution in [0.25, 0.3) is 0 Å². The highest BCUT2D eigenvalue weighted by Crippen LogP contribution is 2.19. The lowest BCUT2D eigenvalue weighted by molar-refractivity contribution is 0.381. The molecule has 102 valence electrons. The molecule has 0 saturated carbocycles. The van der Waals surface area contributed by atoms with E-state index < -0.39 is 0 Å². The van der Waals surface area contributed by atoms with E-state index >= 15 is 0 Å². The van der Waals surface area contributed by atoms with Crippen molar-refractivity contribution in [2.24, 2.45) is 0 Å². The van der Waals surface area contributed by atoms with Crippen molar-refractivity contribution < 1.29 is 0 Å². The summed E-state index contributed by atoms with van der Waals surface area (Å²) >= 11 is 0. The van der Waals surface area contributed by atoms with E-state index in [-0.39, 0.29) is 16.6 Å². The minimum atomic E-state index is -0.231. The van der Waals surface area contributed by atoms with Crippen LogP contribution in [0.15, 0.2) is 17.2 Å². The van der Waals surface area contributed by atoms with Crippen molar-refractivity contribution in [3.63, 3.8) is 0 Å². The molecule has 4 heteroatoms. The summed E-state index contributed by atoms with van der Waals surface area (Å²) in [6.07, 6.45) is 5.33. The number of hydrogen-bond donors (Lipinski definition) is 1. The van der Waals surface area contributed by atoms with Gasteiger partial charge in [0.1, 0.15) is 0 Å². The van der Waals surface area contributed by atoms with Gasteiger partial charge in [-0.3, -0.25) is 4.79 Å². The molecule has 4 nitrogen and oxygen atoms in total.